The maximum absolute atomic E-state index is 13.4. The van der Waals surface area contributed by atoms with Gasteiger partial charge in [0, 0.05) is 6.04 Å². The first-order valence-electron chi connectivity index (χ1n) is 6.72. The number of hydrogen-bond donors (Lipinski definition) is 2. The van der Waals surface area contributed by atoms with Crippen LogP contribution in [-0.2, 0) is 23.9 Å². The predicted molar refractivity (Wildman–Crippen MR) is 75.5 cm³/mol. The van der Waals surface area contributed by atoms with Crippen LogP contribution in [-0.4, -0.2) is 33.0 Å². The fourth-order valence-corrected chi connectivity index (χ4v) is 3.07. The summed E-state index contributed by atoms with van der Waals surface area (Å²) in [6.45, 7) is -0.549. The second-order valence-corrected chi connectivity index (χ2v) is 6.20. The van der Waals surface area contributed by atoms with Gasteiger partial charge in [-0.15, -0.1) is 0 Å². The van der Waals surface area contributed by atoms with E-state index in [1.807, 2.05) is 18.2 Å². The Bertz CT molecular complexity index is 482. The maximum Gasteiger partial charge on any atom is 0.273 e. The monoisotopic (exact) mass is 303 g/mol. The van der Waals surface area contributed by atoms with E-state index in [9.17, 15) is 13.0 Å². The highest BCUT2D eigenvalue weighted by Gasteiger charge is 2.32. The SMILES string of the molecule is O=S(O)CC(F)(F)CNC1CCCc2ccccc2C1. The second-order valence-electron chi connectivity index (χ2n) is 5.26. The third kappa shape index (κ3) is 4.61. The van der Waals surface area contributed by atoms with Crippen molar-refractivity contribution < 1.29 is 17.5 Å². The van der Waals surface area contributed by atoms with E-state index in [2.05, 4.69) is 11.4 Å². The second kappa shape index (κ2) is 6.74. The molecule has 2 rings (SSSR count). The van der Waals surface area contributed by atoms with Crippen LogP contribution in [0.2, 0.25) is 0 Å². The van der Waals surface area contributed by atoms with Crippen molar-refractivity contribution in [3.63, 3.8) is 0 Å². The zero-order valence-electron chi connectivity index (χ0n) is 11.1. The lowest BCUT2D eigenvalue weighted by atomic mass is 10.0. The van der Waals surface area contributed by atoms with Crippen molar-refractivity contribution in [2.75, 3.05) is 12.3 Å². The average Bonchev–Trinajstić information content (AvgIpc) is 2.56. The highest BCUT2D eigenvalue weighted by atomic mass is 32.2. The van der Waals surface area contributed by atoms with E-state index in [4.69, 9.17) is 4.55 Å². The Hall–Kier alpha value is -0.850. The molecule has 0 fully saturated rings. The summed E-state index contributed by atoms with van der Waals surface area (Å²) in [5, 5.41) is 2.85. The van der Waals surface area contributed by atoms with Crippen LogP contribution in [0.3, 0.4) is 0 Å². The van der Waals surface area contributed by atoms with E-state index in [1.165, 1.54) is 11.1 Å². The number of aryl methyl sites for hydroxylation is 1. The molecule has 1 aliphatic rings. The molecular weight excluding hydrogens is 284 g/mol. The molecule has 0 bridgehead atoms. The van der Waals surface area contributed by atoms with Gasteiger partial charge in [-0.2, -0.15) is 0 Å². The van der Waals surface area contributed by atoms with Crippen molar-refractivity contribution in [1.29, 1.82) is 0 Å². The fraction of sp³-hybridized carbons (Fsp3) is 0.571. The van der Waals surface area contributed by atoms with Gasteiger partial charge in [0.25, 0.3) is 5.92 Å². The van der Waals surface area contributed by atoms with E-state index in [0.29, 0.717) is 0 Å². The molecule has 0 radical (unpaired) electrons. The summed E-state index contributed by atoms with van der Waals surface area (Å²) in [6.07, 6.45) is 3.51. The Morgan fingerprint density at radius 1 is 1.35 bits per heavy atom. The first-order chi connectivity index (χ1) is 9.46. The molecule has 0 spiro atoms. The number of alkyl halides is 2. The molecular formula is C14H19F2NO2S. The number of nitrogens with one attached hydrogen (secondary N) is 1. The smallest absolute Gasteiger partial charge is 0.273 e. The summed E-state index contributed by atoms with van der Waals surface area (Å²) in [7, 11) is 0. The number of halogens is 2. The predicted octanol–water partition coefficient (Wildman–Crippen LogP) is 2.38. The molecule has 0 aliphatic heterocycles. The summed E-state index contributed by atoms with van der Waals surface area (Å²) in [4.78, 5) is 0. The van der Waals surface area contributed by atoms with Gasteiger partial charge < -0.3 is 9.87 Å². The maximum atomic E-state index is 13.4. The van der Waals surface area contributed by atoms with Crippen LogP contribution < -0.4 is 5.32 Å². The van der Waals surface area contributed by atoms with E-state index >= 15 is 0 Å². The van der Waals surface area contributed by atoms with Crippen molar-refractivity contribution in [2.24, 2.45) is 0 Å². The Morgan fingerprint density at radius 3 is 2.75 bits per heavy atom. The molecule has 6 heteroatoms. The normalized spacial score (nSPS) is 21.1. The summed E-state index contributed by atoms with van der Waals surface area (Å²) >= 11 is -2.47. The minimum absolute atomic E-state index is 0.00310. The number of hydrogen-bond acceptors (Lipinski definition) is 2. The van der Waals surface area contributed by atoms with E-state index in [1.54, 1.807) is 0 Å². The van der Waals surface area contributed by atoms with E-state index in [0.717, 1.165) is 25.7 Å². The lowest BCUT2D eigenvalue weighted by Crippen LogP contribution is -2.42. The molecule has 2 N–H and O–H groups in total. The van der Waals surface area contributed by atoms with Crippen molar-refractivity contribution in [3.8, 4) is 0 Å². The molecule has 0 saturated carbocycles. The molecule has 1 aromatic carbocycles. The van der Waals surface area contributed by atoms with Gasteiger partial charge >= 0.3 is 0 Å². The molecule has 0 heterocycles. The molecule has 1 aliphatic carbocycles. The molecule has 3 nitrogen and oxygen atoms in total. The van der Waals surface area contributed by atoms with Crippen LogP contribution in [0.4, 0.5) is 8.78 Å². The number of benzene rings is 1. The first-order valence-corrected chi connectivity index (χ1v) is 7.99. The van der Waals surface area contributed by atoms with Crippen LogP contribution in [0.25, 0.3) is 0 Å². The van der Waals surface area contributed by atoms with Gasteiger partial charge in [-0.05, 0) is 36.8 Å². The molecule has 2 unspecified atom stereocenters. The van der Waals surface area contributed by atoms with Crippen LogP contribution in [0.5, 0.6) is 0 Å². The summed E-state index contributed by atoms with van der Waals surface area (Å²) in [5.41, 5.74) is 2.50. The van der Waals surface area contributed by atoms with Gasteiger partial charge in [0.2, 0.25) is 0 Å². The Kier molecular flexibility index (Phi) is 5.23. The molecule has 0 amide bonds. The van der Waals surface area contributed by atoms with Crippen LogP contribution in [0.1, 0.15) is 24.0 Å². The highest BCUT2D eigenvalue weighted by molar-refractivity contribution is 7.79. The lowest BCUT2D eigenvalue weighted by molar-refractivity contribution is 0.0229. The zero-order valence-corrected chi connectivity index (χ0v) is 12.0. The summed E-state index contributed by atoms with van der Waals surface area (Å²) in [6, 6.07) is 8.08. The molecule has 0 saturated heterocycles. The van der Waals surface area contributed by atoms with Gasteiger partial charge in [0.15, 0.2) is 11.1 Å². The molecule has 0 aromatic heterocycles. The van der Waals surface area contributed by atoms with Crippen LogP contribution in [0.15, 0.2) is 24.3 Å². The van der Waals surface area contributed by atoms with Crippen LogP contribution in [0, 0.1) is 0 Å². The van der Waals surface area contributed by atoms with Gasteiger partial charge in [0.05, 0.1) is 6.54 Å². The summed E-state index contributed by atoms with van der Waals surface area (Å²) < 4.78 is 45.9. The topological polar surface area (TPSA) is 49.3 Å². The quantitative estimate of drug-likeness (QED) is 0.648. The van der Waals surface area contributed by atoms with Gasteiger partial charge in [-0.3, -0.25) is 0 Å². The summed E-state index contributed by atoms with van der Waals surface area (Å²) in [5.74, 6) is -4.16. The van der Waals surface area contributed by atoms with Crippen molar-refractivity contribution in [2.45, 2.75) is 37.6 Å². The van der Waals surface area contributed by atoms with Crippen molar-refractivity contribution in [3.05, 3.63) is 35.4 Å². The first kappa shape index (κ1) is 15.5. The van der Waals surface area contributed by atoms with Gasteiger partial charge in [-0.25, -0.2) is 13.0 Å². The Balaban J connectivity index is 1.93. The zero-order chi connectivity index (χ0) is 14.6. The Labute approximate surface area is 120 Å². The molecule has 20 heavy (non-hydrogen) atoms. The van der Waals surface area contributed by atoms with Crippen molar-refractivity contribution >= 4 is 11.1 Å². The third-order valence-corrected chi connectivity index (χ3v) is 4.24. The van der Waals surface area contributed by atoms with Gasteiger partial charge in [0.1, 0.15) is 5.75 Å². The van der Waals surface area contributed by atoms with Crippen molar-refractivity contribution in [1.82, 2.24) is 5.32 Å². The highest BCUT2D eigenvalue weighted by Crippen LogP contribution is 2.21. The fourth-order valence-electron chi connectivity index (χ4n) is 2.61. The van der Waals surface area contributed by atoms with E-state index in [-0.39, 0.29) is 6.04 Å². The number of rotatable bonds is 5. The minimum atomic E-state index is -3.15. The minimum Gasteiger partial charge on any atom is -0.308 e. The largest absolute Gasteiger partial charge is 0.308 e. The lowest BCUT2D eigenvalue weighted by Gasteiger charge is -2.21. The molecule has 2 atom stereocenters. The molecule has 1 aromatic rings. The standard InChI is InChI=1S/C14H19F2NO2S/c15-14(16,10-20(18)19)9-17-13-7-3-6-11-4-1-2-5-12(11)8-13/h1-2,4-5,13,17H,3,6-10H2,(H,18,19). The van der Waals surface area contributed by atoms with Crippen LogP contribution >= 0.6 is 0 Å². The molecule has 112 valence electrons. The number of fused-ring (bicyclic) bond motifs is 1. The van der Waals surface area contributed by atoms with Gasteiger partial charge in [-0.1, -0.05) is 24.3 Å². The Morgan fingerprint density at radius 2 is 2.05 bits per heavy atom. The average molecular weight is 303 g/mol. The van der Waals surface area contributed by atoms with E-state index < -0.39 is 29.3 Å². The third-order valence-electron chi connectivity index (χ3n) is 3.57.